The van der Waals surface area contributed by atoms with Gasteiger partial charge in [0, 0.05) is 68.7 Å². The molecule has 0 atom stereocenters. The van der Waals surface area contributed by atoms with Crippen LogP contribution in [-0.2, 0) is 4.57 Å². The molecular weight excluding hydrogens is 605 g/mol. The predicted octanol–water partition coefficient (Wildman–Crippen LogP) is 5.60. The van der Waals surface area contributed by atoms with Crippen molar-refractivity contribution in [3.05, 3.63) is 164 Å². The Labute approximate surface area is 270 Å². The lowest BCUT2D eigenvalue weighted by Gasteiger charge is -2.36. The summed E-state index contributed by atoms with van der Waals surface area (Å²) in [5.41, 5.74) is 7.12. The number of para-hydroxylation sites is 6. The first-order valence-corrected chi connectivity index (χ1v) is 16.4. The number of rotatable bonds is 0. The summed E-state index contributed by atoms with van der Waals surface area (Å²) in [6, 6.07) is 56.6. The lowest BCUT2D eigenvalue weighted by molar-refractivity contribution is -0.432. The number of fused-ring (bicyclic) bond motifs is 6. The standard InChI is InChI=1S/3C13H9N.H3O4P/c3*1-3-7-12-10(5-1)9-11-6-2-4-8-13(11)14-12;1-5(2,3)4/h3*1-9H;(H3,1,2,3,4). The highest BCUT2D eigenvalue weighted by molar-refractivity contribution is 7.40. The van der Waals surface area contributed by atoms with Gasteiger partial charge in [0.05, 0.1) is 0 Å². The zero-order chi connectivity index (χ0) is 32.6. The molecule has 8 heteroatoms. The van der Waals surface area contributed by atoms with Crippen molar-refractivity contribution in [2.45, 2.75) is 0 Å². The van der Waals surface area contributed by atoms with Crippen LogP contribution in [0.3, 0.4) is 0 Å². The van der Waals surface area contributed by atoms with Crippen LogP contribution >= 0.6 is 7.82 Å². The summed E-state index contributed by atoms with van der Waals surface area (Å²) in [7, 11) is -5.39. The lowest BCUT2D eigenvalue weighted by atomic mass is 10.1. The number of hydrogen-bond acceptors (Lipinski definition) is 4. The van der Waals surface area contributed by atoms with E-state index >= 15 is 0 Å². The van der Waals surface area contributed by atoms with Crippen LogP contribution in [0, 0.1) is 0 Å². The largest absolute Gasteiger partial charge is 0.822 e. The zero-order valence-corrected chi connectivity index (χ0v) is 26.1. The molecule has 47 heavy (non-hydrogen) atoms. The van der Waals surface area contributed by atoms with E-state index in [0.717, 1.165) is 0 Å². The minimum absolute atomic E-state index is 1.19. The quantitative estimate of drug-likeness (QED) is 0.159. The minimum Gasteiger partial charge on any atom is -0.822 e. The molecule has 6 aromatic carbocycles. The van der Waals surface area contributed by atoms with Gasteiger partial charge in [0.1, 0.15) is 0 Å². The smallest absolute Gasteiger partial charge is 0.211 e. The van der Waals surface area contributed by atoms with Crippen LogP contribution < -0.4 is 29.6 Å². The molecule has 3 N–H and O–H groups in total. The van der Waals surface area contributed by atoms with Crippen LogP contribution in [0.25, 0.3) is 65.4 Å². The topological polar surface area (TPSA) is 129 Å². The number of nitrogens with one attached hydrogen (secondary N) is 3. The average molecular weight is 636 g/mol. The highest BCUT2D eigenvalue weighted by atomic mass is 31.2. The Hall–Kier alpha value is -5.56. The fourth-order valence-corrected chi connectivity index (χ4v) is 5.36. The van der Waals surface area contributed by atoms with Gasteiger partial charge >= 0.3 is 0 Å². The van der Waals surface area contributed by atoms with Crippen molar-refractivity contribution in [1.29, 1.82) is 0 Å². The summed E-state index contributed by atoms with van der Waals surface area (Å²) >= 11 is 0. The van der Waals surface area contributed by atoms with Crippen molar-refractivity contribution in [2.24, 2.45) is 0 Å². The molecule has 0 saturated heterocycles. The molecule has 0 saturated carbocycles. The van der Waals surface area contributed by atoms with E-state index in [1.807, 2.05) is 36.4 Å². The number of benzene rings is 6. The summed E-state index contributed by atoms with van der Waals surface area (Å²) in [4.78, 5) is 35.9. The van der Waals surface area contributed by atoms with Crippen molar-refractivity contribution in [2.75, 3.05) is 0 Å². The Kier molecular flexibility index (Phi) is 9.53. The van der Waals surface area contributed by atoms with Gasteiger partial charge in [-0.15, -0.1) is 0 Å². The number of hydrogen-bond donors (Lipinski definition) is 0. The first kappa shape index (κ1) is 31.4. The number of aromatic nitrogens is 3. The average Bonchev–Trinajstić information content (AvgIpc) is 3.08. The first-order chi connectivity index (χ1) is 22.8. The minimum atomic E-state index is -5.39. The van der Waals surface area contributed by atoms with E-state index < -0.39 is 7.82 Å². The molecule has 0 fully saturated rings. The van der Waals surface area contributed by atoms with Gasteiger partial charge in [-0.05, 0) is 54.6 Å². The molecule has 9 rings (SSSR count). The fourth-order valence-electron chi connectivity index (χ4n) is 5.36. The molecule has 0 radical (unpaired) electrons. The van der Waals surface area contributed by atoms with Crippen molar-refractivity contribution < 1.29 is 34.2 Å². The van der Waals surface area contributed by atoms with E-state index in [1.54, 1.807) is 0 Å². The Morgan fingerprint density at radius 3 is 0.638 bits per heavy atom. The number of pyridine rings is 3. The summed E-state index contributed by atoms with van der Waals surface area (Å²) in [6.45, 7) is 0. The van der Waals surface area contributed by atoms with Gasteiger partial charge in [-0.2, -0.15) is 7.82 Å². The monoisotopic (exact) mass is 635 g/mol. The summed E-state index contributed by atoms with van der Waals surface area (Å²) in [5, 5.41) is 7.53. The molecule has 9 aromatic rings. The molecular formula is C39H30N3O4P. The van der Waals surface area contributed by atoms with Gasteiger partial charge in [-0.3, -0.25) is 0 Å². The first-order valence-electron chi connectivity index (χ1n) is 14.9. The van der Waals surface area contributed by atoms with Crippen molar-refractivity contribution in [1.82, 2.24) is 0 Å². The number of H-pyrrole nitrogens is 3. The summed E-state index contributed by atoms with van der Waals surface area (Å²) < 4.78 is 8.55. The van der Waals surface area contributed by atoms with Gasteiger partial charge in [-0.1, -0.05) is 72.8 Å². The maximum absolute atomic E-state index is 8.55. The molecule has 0 spiro atoms. The molecule has 0 aliphatic heterocycles. The second-order valence-corrected chi connectivity index (χ2v) is 11.7. The number of phosphoric acid groups is 1. The van der Waals surface area contributed by atoms with Gasteiger partial charge < -0.3 is 19.2 Å². The van der Waals surface area contributed by atoms with E-state index in [9.17, 15) is 0 Å². The predicted molar refractivity (Wildman–Crippen MR) is 182 cm³/mol. The molecule has 230 valence electrons. The molecule has 0 amide bonds. The molecule has 0 aliphatic rings. The lowest BCUT2D eigenvalue weighted by Crippen LogP contribution is -2.24. The van der Waals surface area contributed by atoms with E-state index in [4.69, 9.17) is 19.2 Å². The maximum atomic E-state index is 8.55. The Bertz CT molecular complexity index is 1930. The van der Waals surface area contributed by atoms with Gasteiger partial charge in [0.2, 0.25) is 33.1 Å². The van der Waals surface area contributed by atoms with Crippen LogP contribution in [0.15, 0.2) is 164 Å². The third kappa shape index (κ3) is 8.38. The third-order valence-corrected chi connectivity index (χ3v) is 7.51. The fraction of sp³-hybridized carbons (Fsp3) is 0. The van der Waals surface area contributed by atoms with E-state index in [1.165, 1.54) is 65.4 Å². The molecule has 3 aromatic heterocycles. The second-order valence-electron chi connectivity index (χ2n) is 10.8. The molecule has 7 nitrogen and oxygen atoms in total. The van der Waals surface area contributed by atoms with Crippen LogP contribution in [0.5, 0.6) is 0 Å². The molecule has 0 bridgehead atoms. The summed E-state index contributed by atoms with van der Waals surface area (Å²) in [6.07, 6.45) is 0. The highest BCUT2D eigenvalue weighted by Crippen LogP contribution is 2.17. The number of aromatic amines is 3. The van der Waals surface area contributed by atoms with Crippen LogP contribution in [0.1, 0.15) is 0 Å². The van der Waals surface area contributed by atoms with Gasteiger partial charge in [0.15, 0.2) is 0 Å². The normalized spacial score (nSPS) is 11.0. The Morgan fingerprint density at radius 1 is 0.319 bits per heavy atom. The van der Waals surface area contributed by atoms with Crippen LogP contribution in [-0.4, -0.2) is 0 Å². The SMILES string of the molecule is O=P([O-])([O-])[O-].c1ccc2[nH+]c3ccccc3cc2c1.c1ccc2[nH+]c3ccccc3cc2c1.c1ccc2[nH+]c3ccccc3cc2c1. The molecule has 3 heterocycles. The Morgan fingerprint density at radius 2 is 0.468 bits per heavy atom. The molecule has 0 aliphatic carbocycles. The van der Waals surface area contributed by atoms with Crippen LogP contribution in [0.4, 0.5) is 0 Å². The Balaban J connectivity index is 0.000000115. The zero-order valence-electron chi connectivity index (χ0n) is 25.2. The third-order valence-electron chi connectivity index (χ3n) is 7.51. The van der Waals surface area contributed by atoms with Crippen LogP contribution in [0.2, 0.25) is 0 Å². The van der Waals surface area contributed by atoms with E-state index in [2.05, 4.69) is 142 Å². The van der Waals surface area contributed by atoms with E-state index in [-0.39, 0.29) is 0 Å². The maximum Gasteiger partial charge on any atom is 0.211 e. The van der Waals surface area contributed by atoms with Gasteiger partial charge in [-0.25, -0.2) is 15.0 Å². The second kappa shape index (κ2) is 14.3. The van der Waals surface area contributed by atoms with Crippen molar-refractivity contribution in [3.8, 4) is 0 Å². The van der Waals surface area contributed by atoms with E-state index in [0.29, 0.717) is 0 Å². The summed E-state index contributed by atoms with van der Waals surface area (Å²) in [5.74, 6) is 0. The molecule has 0 unspecified atom stereocenters. The highest BCUT2D eigenvalue weighted by Gasteiger charge is 2.05. The van der Waals surface area contributed by atoms with Gasteiger partial charge in [0.25, 0.3) is 0 Å². The van der Waals surface area contributed by atoms with Crippen molar-refractivity contribution in [3.63, 3.8) is 0 Å². The van der Waals surface area contributed by atoms with Crippen molar-refractivity contribution >= 4 is 73.2 Å².